The van der Waals surface area contributed by atoms with Gasteiger partial charge >= 0.3 is 0 Å². The zero-order valence-electron chi connectivity index (χ0n) is 12.0. The number of hydrogen-bond acceptors (Lipinski definition) is 3. The second kappa shape index (κ2) is 6.99. The van der Waals surface area contributed by atoms with E-state index in [0.717, 1.165) is 0 Å². The quantitative estimate of drug-likeness (QED) is 0.759. The average Bonchev–Trinajstić information content (AvgIpc) is 2.52. The van der Waals surface area contributed by atoms with Crippen molar-refractivity contribution in [1.82, 2.24) is 0 Å². The van der Waals surface area contributed by atoms with Gasteiger partial charge in [-0.2, -0.15) is 0 Å². The summed E-state index contributed by atoms with van der Waals surface area (Å²) in [6, 6.07) is 13.2. The minimum absolute atomic E-state index is 0.00176. The summed E-state index contributed by atoms with van der Waals surface area (Å²) in [6.45, 7) is 2.16. The van der Waals surface area contributed by atoms with Crippen molar-refractivity contribution in [3.63, 3.8) is 0 Å². The fourth-order valence-electron chi connectivity index (χ4n) is 2.08. The zero-order chi connectivity index (χ0) is 15.2. The maximum atomic E-state index is 14.0. The summed E-state index contributed by atoms with van der Waals surface area (Å²) in [5.74, 6) is -0.639. The van der Waals surface area contributed by atoms with Crippen molar-refractivity contribution in [2.75, 3.05) is 13.7 Å². The van der Waals surface area contributed by atoms with Crippen LogP contribution in [0.3, 0.4) is 0 Å². The van der Waals surface area contributed by atoms with Gasteiger partial charge in [-0.3, -0.25) is 4.79 Å². The molecule has 3 nitrogen and oxygen atoms in total. The van der Waals surface area contributed by atoms with Crippen LogP contribution in [0.25, 0.3) is 0 Å². The van der Waals surface area contributed by atoms with Crippen LogP contribution in [0, 0.1) is 5.82 Å². The third kappa shape index (κ3) is 3.47. The van der Waals surface area contributed by atoms with Gasteiger partial charge in [0.25, 0.3) is 0 Å². The van der Waals surface area contributed by atoms with E-state index >= 15 is 0 Å². The van der Waals surface area contributed by atoms with Gasteiger partial charge in [0, 0.05) is 12.7 Å². The molecule has 0 spiro atoms. The van der Waals surface area contributed by atoms with Crippen LogP contribution in [0.15, 0.2) is 48.5 Å². The molecule has 21 heavy (non-hydrogen) atoms. The predicted molar refractivity (Wildman–Crippen MR) is 78.1 cm³/mol. The van der Waals surface area contributed by atoms with Crippen LogP contribution in [0.5, 0.6) is 5.75 Å². The molecule has 0 aliphatic heterocycles. The van der Waals surface area contributed by atoms with Gasteiger partial charge in [0.2, 0.25) is 0 Å². The molecular formula is C17H17FO3. The summed E-state index contributed by atoms with van der Waals surface area (Å²) in [5.41, 5.74) is 0.706. The van der Waals surface area contributed by atoms with Gasteiger partial charge in [0.05, 0.1) is 12.7 Å². The molecule has 0 amide bonds. The number of hydrogen-bond donors (Lipinski definition) is 0. The lowest BCUT2D eigenvalue weighted by molar-refractivity contribution is 0.0449. The van der Waals surface area contributed by atoms with Crippen molar-refractivity contribution in [1.29, 1.82) is 0 Å². The Balaban J connectivity index is 2.35. The topological polar surface area (TPSA) is 35.5 Å². The van der Waals surface area contributed by atoms with Crippen LogP contribution >= 0.6 is 0 Å². The fourth-order valence-corrected chi connectivity index (χ4v) is 2.08. The molecule has 1 atom stereocenters. The summed E-state index contributed by atoms with van der Waals surface area (Å²) in [7, 11) is 1.45. The van der Waals surface area contributed by atoms with Gasteiger partial charge in [0.15, 0.2) is 5.78 Å². The number of ketones is 1. The van der Waals surface area contributed by atoms with Gasteiger partial charge in [0.1, 0.15) is 17.7 Å². The molecule has 0 saturated heterocycles. The third-order valence-electron chi connectivity index (χ3n) is 3.12. The number of halogens is 1. The lowest BCUT2D eigenvalue weighted by Crippen LogP contribution is -2.17. The van der Waals surface area contributed by atoms with E-state index in [1.807, 2.05) is 18.2 Å². The molecule has 2 rings (SSSR count). The smallest absolute Gasteiger partial charge is 0.199 e. The monoisotopic (exact) mass is 288 g/mol. The molecule has 0 aromatic heterocycles. The second-order valence-corrected chi connectivity index (χ2v) is 4.46. The number of carbonyl (C=O) groups is 1. The Bertz CT molecular complexity index is 611. The zero-order valence-corrected chi connectivity index (χ0v) is 12.0. The summed E-state index contributed by atoms with van der Waals surface area (Å²) in [6.07, 6.45) is -0.806. The molecule has 0 aliphatic rings. The van der Waals surface area contributed by atoms with Gasteiger partial charge in [-0.1, -0.05) is 30.3 Å². The van der Waals surface area contributed by atoms with E-state index in [4.69, 9.17) is 9.47 Å². The Morgan fingerprint density at radius 1 is 1.19 bits per heavy atom. The molecule has 0 bridgehead atoms. The van der Waals surface area contributed by atoms with Gasteiger partial charge in [-0.05, 0) is 24.6 Å². The maximum absolute atomic E-state index is 14.0. The molecule has 4 heteroatoms. The van der Waals surface area contributed by atoms with Crippen molar-refractivity contribution >= 4 is 5.78 Å². The molecular weight excluding hydrogens is 271 g/mol. The third-order valence-corrected chi connectivity index (χ3v) is 3.12. The lowest BCUT2D eigenvalue weighted by Gasteiger charge is -2.17. The van der Waals surface area contributed by atoms with E-state index in [-0.39, 0.29) is 5.56 Å². The molecule has 0 radical (unpaired) electrons. The van der Waals surface area contributed by atoms with Crippen LogP contribution in [0.2, 0.25) is 0 Å². The number of benzene rings is 2. The molecule has 0 N–H and O–H groups in total. The minimum atomic E-state index is -0.806. The highest BCUT2D eigenvalue weighted by Crippen LogP contribution is 2.25. The van der Waals surface area contributed by atoms with E-state index in [0.29, 0.717) is 17.9 Å². The Kier molecular flexibility index (Phi) is 5.06. The summed E-state index contributed by atoms with van der Waals surface area (Å²) in [4.78, 5) is 12.5. The van der Waals surface area contributed by atoms with E-state index in [2.05, 4.69) is 0 Å². The number of carbonyl (C=O) groups excluding carboxylic acids is 1. The molecule has 110 valence electrons. The van der Waals surface area contributed by atoms with E-state index in [9.17, 15) is 9.18 Å². The van der Waals surface area contributed by atoms with Crippen LogP contribution < -0.4 is 4.74 Å². The Hall–Kier alpha value is -2.20. The molecule has 0 fully saturated rings. The average molecular weight is 288 g/mol. The highest BCUT2D eigenvalue weighted by atomic mass is 19.1. The Morgan fingerprint density at radius 3 is 2.48 bits per heavy atom. The number of Topliss-reactive ketones (excluding diaryl/α,β-unsaturated/α-hetero) is 1. The first-order valence-corrected chi connectivity index (χ1v) is 6.71. The van der Waals surface area contributed by atoms with Crippen LogP contribution in [-0.2, 0) is 4.74 Å². The lowest BCUT2D eigenvalue weighted by atomic mass is 9.99. The second-order valence-electron chi connectivity index (χ2n) is 4.46. The van der Waals surface area contributed by atoms with Crippen molar-refractivity contribution in [2.45, 2.75) is 13.0 Å². The van der Waals surface area contributed by atoms with E-state index in [1.54, 1.807) is 25.1 Å². The molecule has 0 saturated carbocycles. The first-order chi connectivity index (χ1) is 10.2. The highest BCUT2D eigenvalue weighted by Gasteiger charge is 2.25. The van der Waals surface area contributed by atoms with Gasteiger partial charge in [-0.15, -0.1) is 0 Å². The highest BCUT2D eigenvalue weighted by molar-refractivity contribution is 6.00. The number of ether oxygens (including phenoxy) is 2. The van der Waals surface area contributed by atoms with E-state index in [1.165, 1.54) is 19.2 Å². The van der Waals surface area contributed by atoms with Crippen LogP contribution in [0.1, 0.15) is 28.9 Å². The molecule has 0 aliphatic carbocycles. The first-order valence-electron chi connectivity index (χ1n) is 6.71. The van der Waals surface area contributed by atoms with Crippen LogP contribution in [0.4, 0.5) is 4.39 Å². The fraction of sp³-hybridized carbons (Fsp3) is 0.235. The maximum Gasteiger partial charge on any atom is 0.199 e. The minimum Gasteiger partial charge on any atom is -0.497 e. The summed E-state index contributed by atoms with van der Waals surface area (Å²) < 4.78 is 24.5. The summed E-state index contributed by atoms with van der Waals surface area (Å²) >= 11 is 0. The van der Waals surface area contributed by atoms with Crippen molar-refractivity contribution in [3.05, 3.63) is 65.5 Å². The molecule has 1 unspecified atom stereocenters. The molecule has 0 heterocycles. The normalized spacial score (nSPS) is 12.0. The van der Waals surface area contributed by atoms with Gasteiger partial charge < -0.3 is 9.47 Å². The van der Waals surface area contributed by atoms with Crippen LogP contribution in [-0.4, -0.2) is 19.5 Å². The molecule has 2 aromatic rings. The SMILES string of the molecule is CCOC(C(=O)c1ccc(OC)cc1F)c1ccccc1. The Labute approximate surface area is 123 Å². The van der Waals surface area contributed by atoms with Crippen molar-refractivity contribution < 1.29 is 18.7 Å². The first kappa shape index (κ1) is 15.2. The largest absolute Gasteiger partial charge is 0.497 e. The predicted octanol–water partition coefficient (Wildman–Crippen LogP) is 3.79. The number of rotatable bonds is 6. The van der Waals surface area contributed by atoms with E-state index < -0.39 is 17.7 Å². The summed E-state index contributed by atoms with van der Waals surface area (Å²) in [5, 5.41) is 0. The number of methoxy groups -OCH3 is 1. The van der Waals surface area contributed by atoms with Crippen molar-refractivity contribution in [2.24, 2.45) is 0 Å². The molecule has 2 aromatic carbocycles. The Morgan fingerprint density at radius 2 is 1.90 bits per heavy atom. The van der Waals surface area contributed by atoms with Gasteiger partial charge in [-0.25, -0.2) is 4.39 Å². The van der Waals surface area contributed by atoms with Crippen molar-refractivity contribution in [3.8, 4) is 5.75 Å². The standard InChI is InChI=1S/C17H17FO3/c1-3-21-17(12-7-5-4-6-8-12)16(19)14-10-9-13(20-2)11-15(14)18/h4-11,17H,3H2,1-2H3.